The Morgan fingerprint density at radius 1 is 1.29 bits per heavy atom. The molecule has 0 radical (unpaired) electrons. The summed E-state index contributed by atoms with van der Waals surface area (Å²) < 4.78 is 0. The van der Waals surface area contributed by atoms with Gasteiger partial charge >= 0.3 is 5.97 Å². The van der Waals surface area contributed by atoms with Crippen molar-refractivity contribution in [1.82, 2.24) is 0 Å². The molecular formula is C14H14O2S. The molecule has 0 bridgehead atoms. The molecule has 1 aromatic carbocycles. The van der Waals surface area contributed by atoms with Crippen LogP contribution >= 0.6 is 11.3 Å². The normalized spacial score (nSPS) is 10.8. The van der Waals surface area contributed by atoms with Crippen molar-refractivity contribution in [2.24, 2.45) is 0 Å². The van der Waals surface area contributed by atoms with Crippen molar-refractivity contribution in [3.8, 4) is 10.4 Å². The molecule has 2 rings (SSSR count). The average molecular weight is 246 g/mol. The second-order valence-corrected chi connectivity index (χ2v) is 5.16. The fraction of sp³-hybridized carbons (Fsp3) is 0.214. The summed E-state index contributed by atoms with van der Waals surface area (Å²) in [5.74, 6) is -0.405. The highest BCUT2D eigenvalue weighted by molar-refractivity contribution is 7.13. The largest absolute Gasteiger partial charge is 0.478 e. The molecule has 0 amide bonds. The van der Waals surface area contributed by atoms with Gasteiger partial charge in [0.1, 0.15) is 0 Å². The van der Waals surface area contributed by atoms with Crippen LogP contribution in [0.5, 0.6) is 0 Å². The van der Waals surface area contributed by atoms with Gasteiger partial charge in [0.25, 0.3) is 0 Å². The van der Waals surface area contributed by atoms with Crippen LogP contribution in [-0.2, 0) is 0 Å². The summed E-state index contributed by atoms with van der Waals surface area (Å²) in [5, 5.41) is 11.2. The first-order chi connectivity index (χ1) is 8.09. The standard InChI is InChI=1S/C14H14O2S/c1-9(2)10-7-13(17-8-10)11-5-3-4-6-12(11)14(15)16/h3-9H,1-2H3,(H,15,16). The van der Waals surface area contributed by atoms with Crippen LogP contribution < -0.4 is 0 Å². The molecule has 0 unspecified atom stereocenters. The van der Waals surface area contributed by atoms with Gasteiger partial charge < -0.3 is 5.11 Å². The van der Waals surface area contributed by atoms with Crippen molar-refractivity contribution in [2.75, 3.05) is 0 Å². The monoisotopic (exact) mass is 246 g/mol. The topological polar surface area (TPSA) is 37.3 Å². The van der Waals surface area contributed by atoms with E-state index in [0.717, 1.165) is 10.4 Å². The molecular weight excluding hydrogens is 232 g/mol. The lowest BCUT2D eigenvalue weighted by Gasteiger charge is -2.03. The van der Waals surface area contributed by atoms with Crippen LogP contribution in [0.2, 0.25) is 0 Å². The lowest BCUT2D eigenvalue weighted by atomic mass is 10.0. The Labute approximate surface area is 105 Å². The molecule has 0 saturated carbocycles. The third kappa shape index (κ3) is 2.39. The zero-order valence-corrected chi connectivity index (χ0v) is 10.6. The minimum absolute atomic E-state index is 0.365. The Morgan fingerprint density at radius 3 is 2.59 bits per heavy atom. The maximum Gasteiger partial charge on any atom is 0.336 e. The third-order valence-corrected chi connectivity index (χ3v) is 3.69. The minimum atomic E-state index is -0.875. The van der Waals surface area contributed by atoms with Crippen LogP contribution in [0.3, 0.4) is 0 Å². The van der Waals surface area contributed by atoms with E-state index in [2.05, 4.69) is 25.3 Å². The van der Waals surface area contributed by atoms with Crippen molar-refractivity contribution >= 4 is 17.3 Å². The number of benzene rings is 1. The van der Waals surface area contributed by atoms with Gasteiger partial charge in [0, 0.05) is 10.4 Å². The van der Waals surface area contributed by atoms with Gasteiger partial charge in [0.15, 0.2) is 0 Å². The molecule has 1 heterocycles. The molecule has 0 spiro atoms. The summed E-state index contributed by atoms with van der Waals surface area (Å²) in [4.78, 5) is 12.2. The molecule has 17 heavy (non-hydrogen) atoms. The maximum atomic E-state index is 11.1. The molecule has 0 fully saturated rings. The summed E-state index contributed by atoms with van der Waals surface area (Å²) >= 11 is 1.60. The van der Waals surface area contributed by atoms with Gasteiger partial charge in [-0.05, 0) is 29.0 Å². The Morgan fingerprint density at radius 2 is 2.00 bits per heavy atom. The fourth-order valence-electron chi connectivity index (χ4n) is 1.68. The molecule has 3 heteroatoms. The van der Waals surface area contributed by atoms with E-state index in [0.29, 0.717) is 11.5 Å². The Balaban J connectivity index is 2.49. The molecule has 0 aliphatic carbocycles. The van der Waals surface area contributed by atoms with E-state index >= 15 is 0 Å². The van der Waals surface area contributed by atoms with Gasteiger partial charge in [-0.15, -0.1) is 11.3 Å². The van der Waals surface area contributed by atoms with E-state index in [1.54, 1.807) is 23.5 Å². The molecule has 0 aliphatic heterocycles. The van der Waals surface area contributed by atoms with Crippen molar-refractivity contribution in [2.45, 2.75) is 19.8 Å². The van der Waals surface area contributed by atoms with Crippen LogP contribution in [0, 0.1) is 0 Å². The first-order valence-electron chi connectivity index (χ1n) is 5.50. The van der Waals surface area contributed by atoms with Crippen LogP contribution in [0.15, 0.2) is 35.7 Å². The number of aromatic carboxylic acids is 1. The highest BCUT2D eigenvalue weighted by atomic mass is 32.1. The fourth-order valence-corrected chi connectivity index (χ4v) is 2.79. The van der Waals surface area contributed by atoms with Gasteiger partial charge in [-0.3, -0.25) is 0 Å². The molecule has 88 valence electrons. The Kier molecular flexibility index (Phi) is 3.29. The molecule has 1 N–H and O–H groups in total. The highest BCUT2D eigenvalue weighted by Gasteiger charge is 2.13. The molecule has 0 atom stereocenters. The van der Waals surface area contributed by atoms with E-state index in [1.807, 2.05) is 12.1 Å². The molecule has 0 saturated heterocycles. The van der Waals surface area contributed by atoms with Crippen LogP contribution in [-0.4, -0.2) is 11.1 Å². The highest BCUT2D eigenvalue weighted by Crippen LogP contribution is 2.32. The van der Waals surface area contributed by atoms with Gasteiger partial charge in [-0.1, -0.05) is 32.0 Å². The van der Waals surface area contributed by atoms with Crippen LogP contribution in [0.4, 0.5) is 0 Å². The zero-order chi connectivity index (χ0) is 12.4. The van der Waals surface area contributed by atoms with E-state index < -0.39 is 5.97 Å². The summed E-state index contributed by atoms with van der Waals surface area (Å²) in [6.45, 7) is 4.27. The van der Waals surface area contributed by atoms with Crippen molar-refractivity contribution in [1.29, 1.82) is 0 Å². The van der Waals surface area contributed by atoms with Gasteiger partial charge in [0.2, 0.25) is 0 Å². The Bertz CT molecular complexity index is 541. The van der Waals surface area contributed by atoms with E-state index in [4.69, 9.17) is 5.11 Å². The summed E-state index contributed by atoms with van der Waals surface area (Å²) in [6, 6.07) is 9.21. The number of carbonyl (C=O) groups is 1. The second-order valence-electron chi connectivity index (χ2n) is 4.25. The van der Waals surface area contributed by atoms with Crippen molar-refractivity contribution in [3.05, 3.63) is 46.8 Å². The van der Waals surface area contributed by atoms with E-state index in [9.17, 15) is 4.79 Å². The molecule has 1 aromatic heterocycles. The predicted octanol–water partition coefficient (Wildman–Crippen LogP) is 4.24. The summed E-state index contributed by atoms with van der Waals surface area (Å²) in [6.07, 6.45) is 0. The number of carboxylic acid groups (broad SMARTS) is 1. The first kappa shape index (κ1) is 11.9. The third-order valence-electron chi connectivity index (χ3n) is 2.71. The van der Waals surface area contributed by atoms with Gasteiger partial charge in [-0.25, -0.2) is 4.79 Å². The van der Waals surface area contributed by atoms with Gasteiger partial charge in [-0.2, -0.15) is 0 Å². The predicted molar refractivity (Wildman–Crippen MR) is 70.8 cm³/mol. The minimum Gasteiger partial charge on any atom is -0.478 e. The summed E-state index contributed by atoms with van der Waals surface area (Å²) in [5.41, 5.74) is 2.42. The number of carboxylic acids is 1. The van der Waals surface area contributed by atoms with Crippen LogP contribution in [0.1, 0.15) is 35.7 Å². The number of hydrogen-bond donors (Lipinski definition) is 1. The summed E-state index contributed by atoms with van der Waals surface area (Å²) in [7, 11) is 0. The first-order valence-corrected chi connectivity index (χ1v) is 6.38. The van der Waals surface area contributed by atoms with Gasteiger partial charge in [0.05, 0.1) is 5.56 Å². The maximum absolute atomic E-state index is 11.1. The Hall–Kier alpha value is -1.61. The smallest absolute Gasteiger partial charge is 0.336 e. The number of hydrogen-bond acceptors (Lipinski definition) is 2. The van der Waals surface area contributed by atoms with Crippen molar-refractivity contribution in [3.63, 3.8) is 0 Å². The molecule has 2 aromatic rings. The van der Waals surface area contributed by atoms with E-state index in [1.165, 1.54) is 5.56 Å². The van der Waals surface area contributed by atoms with E-state index in [-0.39, 0.29) is 0 Å². The lowest BCUT2D eigenvalue weighted by molar-refractivity contribution is 0.0698. The second kappa shape index (κ2) is 4.72. The quantitative estimate of drug-likeness (QED) is 0.879. The van der Waals surface area contributed by atoms with Crippen molar-refractivity contribution < 1.29 is 9.90 Å². The SMILES string of the molecule is CC(C)c1csc(-c2ccccc2C(=O)O)c1. The average Bonchev–Trinajstić information content (AvgIpc) is 2.78. The zero-order valence-electron chi connectivity index (χ0n) is 9.81. The molecule has 2 nitrogen and oxygen atoms in total. The molecule has 0 aliphatic rings. The number of rotatable bonds is 3. The number of thiophene rings is 1. The van der Waals surface area contributed by atoms with Crippen LogP contribution in [0.25, 0.3) is 10.4 Å². The lowest BCUT2D eigenvalue weighted by Crippen LogP contribution is -1.98.